The van der Waals surface area contributed by atoms with Crippen molar-refractivity contribution in [1.82, 2.24) is 15.6 Å². The Morgan fingerprint density at radius 1 is 1.26 bits per heavy atom. The maximum Gasteiger partial charge on any atom is 0.191 e. The smallest absolute Gasteiger partial charge is 0.191 e. The molecule has 126 valence electrons. The lowest BCUT2D eigenvalue weighted by atomic mass is 10.2. The fourth-order valence-corrected chi connectivity index (χ4v) is 2.84. The van der Waals surface area contributed by atoms with E-state index in [1.54, 1.807) is 11.3 Å². The lowest BCUT2D eigenvalue weighted by molar-refractivity contribution is 0.800. The average Bonchev–Trinajstić information content (AvgIpc) is 2.99. The Labute approximate surface area is 163 Å². The number of nitrogens with one attached hydrogen (secondary N) is 2. The van der Waals surface area contributed by atoms with E-state index in [0.717, 1.165) is 40.2 Å². The lowest BCUT2D eigenvalue weighted by Gasteiger charge is -2.10. The molecule has 0 spiro atoms. The molecule has 0 amide bonds. The van der Waals surface area contributed by atoms with Crippen LogP contribution < -0.4 is 10.6 Å². The summed E-state index contributed by atoms with van der Waals surface area (Å²) in [5.41, 5.74) is 2.06. The number of aryl methyl sites for hydroxylation is 1. The molecule has 0 saturated carbocycles. The minimum atomic E-state index is 0. The number of hydrogen-bond donors (Lipinski definition) is 2. The third kappa shape index (κ3) is 6.64. The summed E-state index contributed by atoms with van der Waals surface area (Å²) in [4.78, 5) is 9.12. The van der Waals surface area contributed by atoms with Gasteiger partial charge in [-0.05, 0) is 25.0 Å². The molecule has 0 fully saturated rings. The van der Waals surface area contributed by atoms with Crippen LogP contribution in [0.2, 0.25) is 5.02 Å². The Morgan fingerprint density at radius 3 is 2.70 bits per heavy atom. The minimum absolute atomic E-state index is 0. The van der Waals surface area contributed by atoms with E-state index < -0.39 is 0 Å². The van der Waals surface area contributed by atoms with Gasteiger partial charge in [-0.15, -0.1) is 35.3 Å². The predicted molar refractivity (Wildman–Crippen MR) is 110 cm³/mol. The number of guanidine groups is 1. The van der Waals surface area contributed by atoms with Crippen molar-refractivity contribution in [3.05, 3.63) is 50.9 Å². The van der Waals surface area contributed by atoms with Crippen LogP contribution in [-0.2, 0) is 19.5 Å². The molecule has 0 aliphatic rings. The largest absolute Gasteiger partial charge is 0.357 e. The van der Waals surface area contributed by atoms with Crippen molar-refractivity contribution >= 4 is 52.9 Å². The quantitative estimate of drug-likeness (QED) is 0.382. The normalized spacial score (nSPS) is 11.0. The Bertz CT molecular complexity index is 630. The van der Waals surface area contributed by atoms with Crippen LogP contribution in [-0.4, -0.2) is 17.5 Å². The van der Waals surface area contributed by atoms with Gasteiger partial charge in [0.05, 0.1) is 23.8 Å². The summed E-state index contributed by atoms with van der Waals surface area (Å²) in [5.74, 6) is 0.772. The first kappa shape index (κ1) is 20.2. The Balaban J connectivity index is 0.00000264. The predicted octanol–water partition coefficient (Wildman–Crippen LogP) is 4.23. The molecule has 2 N–H and O–H groups in total. The van der Waals surface area contributed by atoms with Crippen molar-refractivity contribution in [3.63, 3.8) is 0 Å². The number of aromatic nitrogens is 1. The molecule has 1 aromatic carbocycles. The van der Waals surface area contributed by atoms with Crippen LogP contribution in [0.5, 0.6) is 0 Å². The fraction of sp³-hybridized carbons (Fsp3) is 0.375. The van der Waals surface area contributed by atoms with E-state index in [0.29, 0.717) is 13.1 Å². The van der Waals surface area contributed by atoms with Gasteiger partial charge in [-0.1, -0.05) is 36.7 Å². The van der Waals surface area contributed by atoms with E-state index in [4.69, 9.17) is 11.6 Å². The number of aliphatic imine (C=N–C) groups is 1. The molecule has 0 unspecified atom stereocenters. The average molecular weight is 465 g/mol. The molecule has 7 heteroatoms. The van der Waals surface area contributed by atoms with Crippen molar-refractivity contribution in [1.29, 1.82) is 0 Å². The molecule has 0 aliphatic heterocycles. The van der Waals surface area contributed by atoms with Crippen LogP contribution in [0.25, 0.3) is 0 Å². The van der Waals surface area contributed by atoms with Gasteiger partial charge in [0.1, 0.15) is 0 Å². The zero-order chi connectivity index (χ0) is 15.8. The molecule has 0 bridgehead atoms. The van der Waals surface area contributed by atoms with E-state index in [-0.39, 0.29) is 24.0 Å². The van der Waals surface area contributed by atoms with Gasteiger partial charge in [0.25, 0.3) is 0 Å². The second-order valence-corrected chi connectivity index (χ2v) is 6.08. The van der Waals surface area contributed by atoms with E-state index >= 15 is 0 Å². The molecular formula is C16H22ClIN4S. The summed E-state index contributed by atoms with van der Waals surface area (Å²) in [7, 11) is 0. The molecule has 0 atom stereocenters. The first-order chi connectivity index (χ1) is 10.7. The molecule has 1 aromatic heterocycles. The summed E-state index contributed by atoms with van der Waals surface area (Å²) >= 11 is 7.86. The van der Waals surface area contributed by atoms with Gasteiger partial charge < -0.3 is 10.6 Å². The van der Waals surface area contributed by atoms with Gasteiger partial charge in [-0.25, -0.2) is 9.98 Å². The summed E-state index contributed by atoms with van der Waals surface area (Å²) in [6.07, 6.45) is 0.978. The van der Waals surface area contributed by atoms with Crippen molar-refractivity contribution < 1.29 is 0 Å². The number of benzene rings is 1. The molecule has 23 heavy (non-hydrogen) atoms. The molecule has 2 rings (SSSR count). The Hall–Kier alpha value is -0.860. The van der Waals surface area contributed by atoms with Crippen LogP contribution in [0.1, 0.15) is 30.1 Å². The van der Waals surface area contributed by atoms with Crippen molar-refractivity contribution in [3.8, 4) is 0 Å². The maximum absolute atomic E-state index is 6.16. The molecule has 1 heterocycles. The summed E-state index contributed by atoms with van der Waals surface area (Å²) in [6, 6.07) is 7.77. The SMILES string of the molecule is CCNC(=NCc1ccccc1Cl)NCc1csc(CC)n1.I. The number of hydrogen-bond acceptors (Lipinski definition) is 3. The number of nitrogens with zero attached hydrogens (tertiary/aromatic N) is 2. The van der Waals surface area contributed by atoms with Crippen LogP contribution in [0.4, 0.5) is 0 Å². The Morgan fingerprint density at radius 2 is 2.04 bits per heavy atom. The third-order valence-electron chi connectivity index (χ3n) is 3.05. The van der Waals surface area contributed by atoms with Crippen LogP contribution in [0.3, 0.4) is 0 Å². The number of thiazole rings is 1. The maximum atomic E-state index is 6.16. The standard InChI is InChI=1S/C16H21ClN4S.HI/c1-3-15-21-13(11-22-15)10-20-16(18-4-2)19-9-12-7-5-6-8-14(12)17;/h5-8,11H,3-4,9-10H2,1-2H3,(H2,18,19,20);1H. The highest BCUT2D eigenvalue weighted by Gasteiger charge is 2.03. The highest BCUT2D eigenvalue weighted by Crippen LogP contribution is 2.15. The van der Waals surface area contributed by atoms with Gasteiger partial charge in [0.2, 0.25) is 0 Å². The summed E-state index contributed by atoms with van der Waals surface area (Å²) < 4.78 is 0. The van der Waals surface area contributed by atoms with Gasteiger partial charge in [-0.2, -0.15) is 0 Å². The molecule has 0 saturated heterocycles. The van der Waals surface area contributed by atoms with E-state index in [1.165, 1.54) is 0 Å². The lowest BCUT2D eigenvalue weighted by Crippen LogP contribution is -2.36. The second kappa shape index (κ2) is 10.8. The highest BCUT2D eigenvalue weighted by atomic mass is 127. The van der Waals surface area contributed by atoms with Crippen LogP contribution >= 0.6 is 46.9 Å². The monoisotopic (exact) mass is 464 g/mol. The molecule has 2 aromatic rings. The van der Waals surface area contributed by atoms with Crippen molar-refractivity contribution in [2.24, 2.45) is 4.99 Å². The summed E-state index contributed by atoms with van der Waals surface area (Å²) in [6.45, 7) is 6.19. The third-order valence-corrected chi connectivity index (χ3v) is 4.46. The van der Waals surface area contributed by atoms with E-state index in [1.807, 2.05) is 31.2 Å². The Kier molecular flexibility index (Phi) is 9.50. The molecule has 0 aliphatic carbocycles. The molecule has 0 radical (unpaired) electrons. The summed E-state index contributed by atoms with van der Waals surface area (Å²) in [5, 5.41) is 10.5. The first-order valence-electron chi connectivity index (χ1n) is 7.41. The van der Waals surface area contributed by atoms with Gasteiger partial charge in [0.15, 0.2) is 5.96 Å². The molecule has 4 nitrogen and oxygen atoms in total. The number of rotatable bonds is 6. The fourth-order valence-electron chi connectivity index (χ4n) is 1.90. The zero-order valence-electron chi connectivity index (χ0n) is 13.3. The van der Waals surface area contributed by atoms with Crippen molar-refractivity contribution in [2.45, 2.75) is 33.4 Å². The van der Waals surface area contributed by atoms with Gasteiger partial charge in [-0.3, -0.25) is 0 Å². The first-order valence-corrected chi connectivity index (χ1v) is 8.67. The zero-order valence-corrected chi connectivity index (χ0v) is 17.2. The van der Waals surface area contributed by atoms with Crippen molar-refractivity contribution in [2.75, 3.05) is 6.54 Å². The van der Waals surface area contributed by atoms with E-state index in [9.17, 15) is 0 Å². The van der Waals surface area contributed by atoms with E-state index in [2.05, 4.69) is 32.9 Å². The van der Waals surface area contributed by atoms with Gasteiger partial charge in [0, 0.05) is 16.9 Å². The van der Waals surface area contributed by atoms with Crippen LogP contribution in [0.15, 0.2) is 34.6 Å². The second-order valence-electron chi connectivity index (χ2n) is 4.73. The minimum Gasteiger partial charge on any atom is -0.357 e. The molecular weight excluding hydrogens is 443 g/mol. The topological polar surface area (TPSA) is 49.3 Å². The van der Waals surface area contributed by atoms with Gasteiger partial charge >= 0.3 is 0 Å². The number of halogens is 2. The van der Waals surface area contributed by atoms with Crippen LogP contribution in [0, 0.1) is 0 Å². The highest BCUT2D eigenvalue weighted by molar-refractivity contribution is 14.0.